The summed E-state index contributed by atoms with van der Waals surface area (Å²) in [5.41, 5.74) is 5.24. The first-order valence-electron chi connectivity index (χ1n) is 13.2. The SMILES string of the molecule is CCCCc1nc2ccc(NC(=O)N3CCOCC3)cc2n1Cc1ccc(-c2ccccc2OC(=O)O)cc1. The van der Waals surface area contributed by atoms with Crippen LogP contribution < -0.4 is 10.1 Å². The zero-order valence-corrected chi connectivity index (χ0v) is 21.9. The van der Waals surface area contributed by atoms with Crippen LogP contribution >= 0.6 is 0 Å². The molecule has 2 heterocycles. The zero-order valence-electron chi connectivity index (χ0n) is 21.9. The fourth-order valence-corrected chi connectivity index (χ4v) is 4.78. The third-order valence-corrected chi connectivity index (χ3v) is 6.82. The number of hydrogen-bond acceptors (Lipinski definition) is 5. The second-order valence-electron chi connectivity index (χ2n) is 9.51. The number of anilines is 1. The lowest BCUT2D eigenvalue weighted by Gasteiger charge is -2.26. The number of nitrogens with one attached hydrogen (secondary N) is 1. The highest BCUT2D eigenvalue weighted by molar-refractivity contribution is 5.92. The lowest BCUT2D eigenvalue weighted by atomic mass is 10.0. The van der Waals surface area contributed by atoms with Crippen LogP contribution in [0.1, 0.15) is 31.2 Å². The van der Waals surface area contributed by atoms with E-state index in [0.29, 0.717) is 44.2 Å². The molecule has 5 rings (SSSR count). The van der Waals surface area contributed by atoms with Crippen molar-refractivity contribution in [2.45, 2.75) is 32.7 Å². The number of aromatic nitrogens is 2. The molecule has 0 radical (unpaired) electrons. The molecular formula is C30H32N4O5. The molecule has 3 aromatic carbocycles. The van der Waals surface area contributed by atoms with Gasteiger partial charge in [-0.3, -0.25) is 0 Å². The van der Waals surface area contributed by atoms with Crippen molar-refractivity contribution in [1.82, 2.24) is 14.5 Å². The van der Waals surface area contributed by atoms with Crippen molar-refractivity contribution in [3.8, 4) is 16.9 Å². The van der Waals surface area contributed by atoms with Gasteiger partial charge in [0, 0.05) is 37.3 Å². The van der Waals surface area contributed by atoms with Crippen LogP contribution in [0.25, 0.3) is 22.2 Å². The van der Waals surface area contributed by atoms with Crippen molar-refractivity contribution in [3.05, 3.63) is 78.1 Å². The number of aryl methyl sites for hydroxylation is 1. The van der Waals surface area contributed by atoms with Crippen LogP contribution in [0, 0.1) is 0 Å². The summed E-state index contributed by atoms with van der Waals surface area (Å²) in [5.74, 6) is 1.31. The van der Waals surface area contributed by atoms with Gasteiger partial charge in [0.15, 0.2) is 0 Å². The fourth-order valence-electron chi connectivity index (χ4n) is 4.78. The van der Waals surface area contributed by atoms with Crippen LogP contribution in [0.15, 0.2) is 66.7 Å². The van der Waals surface area contributed by atoms with Gasteiger partial charge >= 0.3 is 12.2 Å². The Bertz CT molecular complexity index is 1460. The van der Waals surface area contributed by atoms with E-state index in [2.05, 4.69) is 16.8 Å². The number of nitrogens with zero attached hydrogens (tertiary/aromatic N) is 3. The molecule has 1 aromatic heterocycles. The average molecular weight is 529 g/mol. The molecule has 1 aliphatic rings. The third kappa shape index (κ3) is 6.21. The first-order valence-corrected chi connectivity index (χ1v) is 13.2. The van der Waals surface area contributed by atoms with Crippen LogP contribution in [-0.4, -0.2) is 58.0 Å². The number of morpholine rings is 1. The molecule has 4 aromatic rings. The van der Waals surface area contributed by atoms with Crippen LogP contribution in [0.4, 0.5) is 15.3 Å². The number of benzene rings is 3. The van der Waals surface area contributed by atoms with Crippen molar-refractivity contribution in [2.24, 2.45) is 0 Å². The predicted molar refractivity (Wildman–Crippen MR) is 149 cm³/mol. The highest BCUT2D eigenvalue weighted by Crippen LogP contribution is 2.31. The van der Waals surface area contributed by atoms with E-state index < -0.39 is 6.16 Å². The highest BCUT2D eigenvalue weighted by atomic mass is 16.7. The number of fused-ring (bicyclic) bond motifs is 1. The standard InChI is InChI=1S/C30H32N4O5/c1-2-3-8-28-32-25-14-13-23(31-29(35)33-15-17-38-18-16-33)19-26(25)34(28)20-21-9-11-22(12-10-21)24-6-4-5-7-27(24)39-30(36)37/h4-7,9-14,19H,2-3,8,15-18,20H2,1H3,(H,31,35)(H,36,37). The van der Waals surface area contributed by atoms with Gasteiger partial charge in [-0.25, -0.2) is 14.6 Å². The van der Waals surface area contributed by atoms with Gasteiger partial charge in [-0.05, 0) is 41.8 Å². The molecule has 0 saturated carbocycles. The van der Waals surface area contributed by atoms with Crippen molar-refractivity contribution in [2.75, 3.05) is 31.6 Å². The largest absolute Gasteiger partial charge is 0.511 e. The Kier molecular flexibility index (Phi) is 8.07. The number of para-hydroxylation sites is 1. The van der Waals surface area contributed by atoms with Crippen molar-refractivity contribution < 1.29 is 24.2 Å². The van der Waals surface area contributed by atoms with E-state index in [9.17, 15) is 9.59 Å². The van der Waals surface area contributed by atoms with E-state index in [0.717, 1.165) is 52.9 Å². The topological polar surface area (TPSA) is 106 Å². The molecule has 0 atom stereocenters. The molecule has 0 aliphatic carbocycles. The third-order valence-electron chi connectivity index (χ3n) is 6.82. The molecule has 0 spiro atoms. The molecule has 1 fully saturated rings. The Hall–Kier alpha value is -4.37. The molecule has 1 aliphatic heterocycles. The number of carbonyl (C=O) groups excluding carboxylic acids is 1. The summed E-state index contributed by atoms with van der Waals surface area (Å²) in [6, 6.07) is 20.8. The molecular weight excluding hydrogens is 496 g/mol. The van der Waals surface area contributed by atoms with E-state index in [1.165, 1.54) is 0 Å². The summed E-state index contributed by atoms with van der Waals surface area (Å²) in [6.07, 6.45) is 1.62. The van der Waals surface area contributed by atoms with Gasteiger partial charge in [-0.15, -0.1) is 0 Å². The van der Waals surface area contributed by atoms with E-state index in [-0.39, 0.29) is 6.03 Å². The first-order chi connectivity index (χ1) is 19.0. The lowest BCUT2D eigenvalue weighted by Crippen LogP contribution is -2.43. The normalized spacial score (nSPS) is 13.4. The Morgan fingerprint density at radius 2 is 1.82 bits per heavy atom. The molecule has 2 N–H and O–H groups in total. The minimum Gasteiger partial charge on any atom is -0.449 e. The molecule has 2 amide bonds. The summed E-state index contributed by atoms with van der Waals surface area (Å²) < 4.78 is 12.5. The van der Waals surface area contributed by atoms with E-state index >= 15 is 0 Å². The van der Waals surface area contributed by atoms with Gasteiger partial charge < -0.3 is 29.4 Å². The number of amides is 2. The van der Waals surface area contributed by atoms with Gasteiger partial charge in [-0.1, -0.05) is 55.8 Å². The minimum atomic E-state index is -1.34. The summed E-state index contributed by atoms with van der Waals surface area (Å²) >= 11 is 0. The van der Waals surface area contributed by atoms with Gasteiger partial charge in [0.2, 0.25) is 0 Å². The number of unbranched alkanes of at least 4 members (excludes halogenated alkanes) is 1. The van der Waals surface area contributed by atoms with Gasteiger partial charge in [0.1, 0.15) is 11.6 Å². The molecule has 0 bridgehead atoms. The van der Waals surface area contributed by atoms with E-state index in [4.69, 9.17) is 19.6 Å². The first kappa shape index (κ1) is 26.2. The molecule has 202 valence electrons. The summed E-state index contributed by atoms with van der Waals surface area (Å²) in [7, 11) is 0. The van der Waals surface area contributed by atoms with Gasteiger partial charge in [-0.2, -0.15) is 0 Å². The average Bonchev–Trinajstić information content (AvgIpc) is 3.29. The van der Waals surface area contributed by atoms with Crippen LogP contribution in [0.2, 0.25) is 0 Å². The van der Waals surface area contributed by atoms with Crippen LogP contribution in [0.5, 0.6) is 5.75 Å². The second kappa shape index (κ2) is 12.0. The van der Waals surface area contributed by atoms with E-state index in [1.54, 1.807) is 17.0 Å². The Labute approximate surface area is 227 Å². The van der Waals surface area contributed by atoms with Crippen molar-refractivity contribution in [1.29, 1.82) is 0 Å². The van der Waals surface area contributed by atoms with E-state index in [1.807, 2.05) is 54.6 Å². The van der Waals surface area contributed by atoms with Crippen LogP contribution in [-0.2, 0) is 17.7 Å². The predicted octanol–water partition coefficient (Wildman–Crippen LogP) is 6.02. The number of urea groups is 1. The van der Waals surface area contributed by atoms with Gasteiger partial charge in [0.25, 0.3) is 0 Å². The Morgan fingerprint density at radius 1 is 1.05 bits per heavy atom. The minimum absolute atomic E-state index is 0.127. The van der Waals surface area contributed by atoms with Crippen molar-refractivity contribution >= 4 is 28.9 Å². The van der Waals surface area contributed by atoms with Gasteiger partial charge in [0.05, 0.1) is 24.2 Å². The number of rotatable bonds is 8. The maximum absolute atomic E-state index is 12.8. The molecule has 39 heavy (non-hydrogen) atoms. The zero-order chi connectivity index (χ0) is 27.2. The van der Waals surface area contributed by atoms with Crippen molar-refractivity contribution in [3.63, 3.8) is 0 Å². The summed E-state index contributed by atoms with van der Waals surface area (Å²) in [6.45, 7) is 5.04. The number of carbonyl (C=O) groups is 2. The monoisotopic (exact) mass is 528 g/mol. The Balaban J connectivity index is 1.41. The molecule has 9 heteroatoms. The smallest absolute Gasteiger partial charge is 0.449 e. The lowest BCUT2D eigenvalue weighted by molar-refractivity contribution is 0.0564. The fraction of sp³-hybridized carbons (Fsp3) is 0.300. The second-order valence-corrected chi connectivity index (χ2v) is 9.51. The number of carboxylic acid groups (broad SMARTS) is 1. The Morgan fingerprint density at radius 3 is 2.56 bits per heavy atom. The molecule has 0 unspecified atom stereocenters. The number of hydrogen-bond donors (Lipinski definition) is 2. The number of ether oxygens (including phenoxy) is 2. The number of imidazole rings is 1. The maximum Gasteiger partial charge on any atom is 0.511 e. The quantitative estimate of drug-likeness (QED) is 0.214. The maximum atomic E-state index is 12.8. The summed E-state index contributed by atoms with van der Waals surface area (Å²) in [4.78, 5) is 30.5. The molecule has 9 nitrogen and oxygen atoms in total. The molecule has 1 saturated heterocycles. The highest BCUT2D eigenvalue weighted by Gasteiger charge is 2.18. The van der Waals surface area contributed by atoms with Crippen LogP contribution in [0.3, 0.4) is 0 Å². The summed E-state index contributed by atoms with van der Waals surface area (Å²) in [5, 5.41) is 12.1.